The molecule has 0 saturated carbocycles. The first-order valence-corrected chi connectivity index (χ1v) is 10.7. The molecule has 0 spiro atoms. The Morgan fingerprint density at radius 3 is 2.83 bits per heavy atom. The lowest BCUT2D eigenvalue weighted by molar-refractivity contribution is -0.115. The van der Waals surface area contributed by atoms with E-state index in [1.165, 1.54) is 11.8 Å². The van der Waals surface area contributed by atoms with E-state index >= 15 is 0 Å². The number of aromatic nitrogens is 1. The van der Waals surface area contributed by atoms with Crippen LogP contribution in [0.1, 0.15) is 5.56 Å². The number of carbonyl (C=O) groups is 1. The maximum absolute atomic E-state index is 11.9. The van der Waals surface area contributed by atoms with Gasteiger partial charge in [-0.2, -0.15) is 0 Å². The van der Waals surface area contributed by atoms with Crippen LogP contribution in [0.3, 0.4) is 0 Å². The van der Waals surface area contributed by atoms with Crippen molar-refractivity contribution in [3.8, 4) is 11.5 Å². The van der Waals surface area contributed by atoms with Gasteiger partial charge in [-0.25, -0.2) is 0 Å². The van der Waals surface area contributed by atoms with E-state index in [2.05, 4.69) is 26.2 Å². The average molecular weight is 487 g/mol. The van der Waals surface area contributed by atoms with Gasteiger partial charge in [-0.3, -0.25) is 9.78 Å². The molecule has 1 aliphatic heterocycles. The van der Waals surface area contributed by atoms with E-state index in [0.29, 0.717) is 28.2 Å². The lowest BCUT2D eigenvalue weighted by atomic mass is 10.2. The fourth-order valence-electron chi connectivity index (χ4n) is 2.77. The molecule has 1 fully saturated rings. The summed E-state index contributed by atoms with van der Waals surface area (Å²) < 4.78 is 13.0. The molecular formula is C21H15BrN2O3S2. The Morgan fingerprint density at radius 2 is 2.00 bits per heavy atom. The Bertz CT molecular complexity index is 1130. The first kappa shape index (κ1) is 19.9. The van der Waals surface area contributed by atoms with Crippen LogP contribution in [0.4, 0.5) is 0 Å². The minimum absolute atomic E-state index is 0.195. The Balaban J connectivity index is 1.41. The highest BCUT2D eigenvalue weighted by Crippen LogP contribution is 2.31. The quantitative estimate of drug-likeness (QED) is 0.302. The van der Waals surface area contributed by atoms with Crippen LogP contribution in [-0.4, -0.2) is 28.4 Å². The molecule has 8 heteroatoms. The van der Waals surface area contributed by atoms with Gasteiger partial charge in [0.2, 0.25) is 0 Å². The number of halogens is 1. The predicted molar refractivity (Wildman–Crippen MR) is 123 cm³/mol. The number of carbonyl (C=O) groups excluding carboxylic acids is 1. The van der Waals surface area contributed by atoms with E-state index in [9.17, 15) is 4.79 Å². The number of ether oxygens (including phenoxy) is 2. The van der Waals surface area contributed by atoms with E-state index < -0.39 is 0 Å². The van der Waals surface area contributed by atoms with Gasteiger partial charge in [0.1, 0.15) is 29.0 Å². The van der Waals surface area contributed by atoms with Gasteiger partial charge in [0.05, 0.1) is 10.4 Å². The van der Waals surface area contributed by atoms with Crippen LogP contribution in [0.25, 0.3) is 17.0 Å². The maximum Gasteiger partial charge on any atom is 0.263 e. The Kier molecular flexibility index (Phi) is 6.13. The fourth-order valence-corrected chi connectivity index (χ4v) is 4.19. The summed E-state index contributed by atoms with van der Waals surface area (Å²) in [4.78, 5) is 16.8. The van der Waals surface area contributed by atoms with E-state index in [0.717, 1.165) is 26.7 Å². The van der Waals surface area contributed by atoms with Crippen molar-refractivity contribution in [3.05, 3.63) is 69.7 Å². The number of thioether (sulfide) groups is 1. The van der Waals surface area contributed by atoms with Crippen molar-refractivity contribution in [1.29, 1.82) is 0 Å². The van der Waals surface area contributed by atoms with Crippen LogP contribution in [0.5, 0.6) is 11.5 Å². The third kappa shape index (κ3) is 4.95. The summed E-state index contributed by atoms with van der Waals surface area (Å²) in [6, 6.07) is 15.4. The first-order chi connectivity index (χ1) is 14.1. The monoisotopic (exact) mass is 486 g/mol. The molecule has 1 amide bonds. The van der Waals surface area contributed by atoms with E-state index in [4.69, 9.17) is 21.7 Å². The third-order valence-electron chi connectivity index (χ3n) is 4.09. The molecule has 0 bridgehead atoms. The molecule has 2 aromatic carbocycles. The SMILES string of the molecule is O=C1NC(=S)S/C1=C\c1cc(Br)ccc1OCCOc1ccc2cccnc2c1. The minimum atomic E-state index is -0.195. The number of amides is 1. The van der Waals surface area contributed by atoms with Crippen LogP contribution in [0, 0.1) is 0 Å². The zero-order valence-electron chi connectivity index (χ0n) is 15.1. The number of hydrogen-bond acceptors (Lipinski definition) is 6. The van der Waals surface area contributed by atoms with E-state index in [-0.39, 0.29) is 5.91 Å². The van der Waals surface area contributed by atoms with Crippen molar-refractivity contribution in [1.82, 2.24) is 10.3 Å². The molecule has 29 heavy (non-hydrogen) atoms. The second-order valence-electron chi connectivity index (χ2n) is 6.09. The Morgan fingerprint density at radius 1 is 1.14 bits per heavy atom. The lowest BCUT2D eigenvalue weighted by Gasteiger charge is -2.11. The second-order valence-corrected chi connectivity index (χ2v) is 8.72. The van der Waals surface area contributed by atoms with Crippen molar-refractivity contribution in [2.45, 2.75) is 0 Å². The van der Waals surface area contributed by atoms with Crippen LogP contribution in [0.2, 0.25) is 0 Å². The molecule has 3 aromatic rings. The molecule has 0 atom stereocenters. The van der Waals surface area contributed by atoms with Crippen molar-refractivity contribution in [2.75, 3.05) is 13.2 Å². The van der Waals surface area contributed by atoms with Crippen LogP contribution >= 0.6 is 39.9 Å². The number of rotatable bonds is 6. The van der Waals surface area contributed by atoms with Gasteiger partial charge in [0.15, 0.2) is 0 Å². The fraction of sp³-hybridized carbons (Fsp3) is 0.0952. The molecule has 1 aliphatic rings. The summed E-state index contributed by atoms with van der Waals surface area (Å²) in [6.45, 7) is 0.736. The number of thiocarbonyl (C=S) groups is 1. The van der Waals surface area contributed by atoms with Gasteiger partial charge in [-0.1, -0.05) is 46.0 Å². The largest absolute Gasteiger partial charge is 0.490 e. The molecular weight excluding hydrogens is 472 g/mol. The molecule has 1 saturated heterocycles. The average Bonchev–Trinajstić information content (AvgIpc) is 3.03. The third-order valence-corrected chi connectivity index (χ3v) is 5.74. The van der Waals surface area contributed by atoms with Gasteiger partial charge >= 0.3 is 0 Å². The smallest absolute Gasteiger partial charge is 0.263 e. The molecule has 146 valence electrons. The number of nitrogens with one attached hydrogen (secondary N) is 1. The number of benzene rings is 2. The summed E-state index contributed by atoms with van der Waals surface area (Å²) in [5, 5.41) is 3.68. The molecule has 1 aromatic heterocycles. The molecule has 4 rings (SSSR count). The highest BCUT2D eigenvalue weighted by Gasteiger charge is 2.22. The molecule has 5 nitrogen and oxygen atoms in total. The van der Waals surface area contributed by atoms with Crippen molar-refractivity contribution >= 4 is 67.1 Å². The summed E-state index contributed by atoms with van der Waals surface area (Å²) >= 11 is 9.73. The van der Waals surface area contributed by atoms with E-state index in [1.54, 1.807) is 12.3 Å². The standard InChI is InChI=1S/C21H15BrN2O3S2/c22-15-4-6-18(14(10-15)11-19-20(25)24-21(28)29-19)27-9-8-26-16-5-3-13-2-1-7-23-17(13)12-16/h1-7,10-12H,8-9H2,(H,24,25,28)/b19-11-. The number of hydrogen-bond donors (Lipinski definition) is 1. The van der Waals surface area contributed by atoms with Gasteiger partial charge in [0.25, 0.3) is 5.91 Å². The first-order valence-electron chi connectivity index (χ1n) is 8.73. The Labute approximate surface area is 185 Å². The van der Waals surface area contributed by atoms with Gasteiger partial charge in [-0.15, -0.1) is 0 Å². The van der Waals surface area contributed by atoms with Crippen LogP contribution in [0.15, 0.2) is 64.1 Å². The lowest BCUT2D eigenvalue weighted by Crippen LogP contribution is -2.17. The summed E-state index contributed by atoms with van der Waals surface area (Å²) in [6.07, 6.45) is 3.53. The molecule has 0 aliphatic carbocycles. The topological polar surface area (TPSA) is 60.5 Å². The number of fused-ring (bicyclic) bond motifs is 1. The van der Waals surface area contributed by atoms with Crippen molar-refractivity contribution < 1.29 is 14.3 Å². The molecule has 2 heterocycles. The zero-order valence-corrected chi connectivity index (χ0v) is 18.3. The minimum Gasteiger partial charge on any atom is -0.490 e. The second kappa shape index (κ2) is 8.94. The van der Waals surface area contributed by atoms with Crippen LogP contribution in [-0.2, 0) is 4.79 Å². The molecule has 0 radical (unpaired) electrons. The van der Waals surface area contributed by atoms with Gasteiger partial charge < -0.3 is 14.8 Å². The highest BCUT2D eigenvalue weighted by molar-refractivity contribution is 9.10. The van der Waals surface area contributed by atoms with Gasteiger partial charge in [-0.05, 0) is 42.5 Å². The number of nitrogens with zero attached hydrogens (tertiary/aromatic N) is 1. The Hall–Kier alpha value is -2.42. The predicted octanol–water partition coefficient (Wildman–Crippen LogP) is 4.94. The van der Waals surface area contributed by atoms with E-state index in [1.807, 2.05) is 48.5 Å². The zero-order chi connectivity index (χ0) is 20.2. The van der Waals surface area contributed by atoms with Crippen LogP contribution < -0.4 is 14.8 Å². The summed E-state index contributed by atoms with van der Waals surface area (Å²) in [7, 11) is 0. The van der Waals surface area contributed by atoms with Crippen molar-refractivity contribution in [2.24, 2.45) is 0 Å². The van der Waals surface area contributed by atoms with Crippen molar-refractivity contribution in [3.63, 3.8) is 0 Å². The van der Waals surface area contributed by atoms with Gasteiger partial charge in [0, 0.05) is 27.7 Å². The normalized spacial score (nSPS) is 15.0. The maximum atomic E-state index is 11.9. The number of pyridine rings is 1. The molecule has 0 unspecified atom stereocenters. The highest BCUT2D eigenvalue weighted by atomic mass is 79.9. The summed E-state index contributed by atoms with van der Waals surface area (Å²) in [5.41, 5.74) is 1.68. The summed E-state index contributed by atoms with van der Waals surface area (Å²) in [5.74, 6) is 1.21. The molecule has 1 N–H and O–H groups in total.